The lowest BCUT2D eigenvalue weighted by Crippen LogP contribution is -2.15. The Morgan fingerprint density at radius 3 is 2.04 bits per heavy atom. The Morgan fingerprint density at radius 2 is 1.58 bits per heavy atom. The van der Waals surface area contributed by atoms with Crippen molar-refractivity contribution in [3.63, 3.8) is 0 Å². The molecule has 0 heterocycles. The van der Waals surface area contributed by atoms with Crippen LogP contribution in [0.15, 0.2) is 24.3 Å². The Hall–Kier alpha value is -3.43. The van der Waals surface area contributed by atoms with E-state index in [0.29, 0.717) is 6.07 Å². The number of halogens is 2. The summed E-state index contributed by atoms with van der Waals surface area (Å²) in [5, 5.41) is 13.7. The van der Waals surface area contributed by atoms with E-state index in [9.17, 15) is 23.7 Å². The van der Waals surface area contributed by atoms with Gasteiger partial charge < -0.3 is 19.5 Å². The summed E-state index contributed by atoms with van der Waals surface area (Å²) in [4.78, 5) is 23.1. The maximum absolute atomic E-state index is 13.3. The van der Waals surface area contributed by atoms with Crippen molar-refractivity contribution in [2.75, 3.05) is 26.6 Å². The fourth-order valence-corrected chi connectivity index (χ4v) is 2.32. The minimum atomic E-state index is -0.985. The molecule has 0 unspecified atom stereocenters. The SMILES string of the molecule is COc1cc(C(=O)Nc2cc(F)cc(F)c2)c([N+](=O)[O-])c(OC)c1OC. The number of ether oxygens (including phenoxy) is 3. The highest BCUT2D eigenvalue weighted by Crippen LogP contribution is 2.46. The number of amides is 1. The van der Waals surface area contributed by atoms with Crippen LogP contribution in [0.1, 0.15) is 10.4 Å². The zero-order valence-corrected chi connectivity index (χ0v) is 14.0. The average Bonchev–Trinajstić information content (AvgIpc) is 2.58. The van der Waals surface area contributed by atoms with Crippen LogP contribution in [0.3, 0.4) is 0 Å². The molecule has 8 nitrogen and oxygen atoms in total. The summed E-state index contributed by atoms with van der Waals surface area (Å²) in [7, 11) is 3.68. The number of rotatable bonds is 6. The van der Waals surface area contributed by atoms with E-state index in [4.69, 9.17) is 14.2 Å². The van der Waals surface area contributed by atoms with E-state index in [2.05, 4.69) is 5.32 Å². The highest BCUT2D eigenvalue weighted by molar-refractivity contribution is 6.08. The summed E-state index contributed by atoms with van der Waals surface area (Å²) in [5.74, 6) is -3.21. The number of benzene rings is 2. The number of anilines is 1. The van der Waals surface area contributed by atoms with E-state index >= 15 is 0 Å². The zero-order chi connectivity index (χ0) is 19.4. The maximum Gasteiger partial charge on any atom is 0.327 e. The summed E-state index contributed by atoms with van der Waals surface area (Å²) in [5.41, 5.74) is -1.33. The lowest BCUT2D eigenvalue weighted by atomic mass is 10.1. The van der Waals surface area contributed by atoms with Gasteiger partial charge in [-0.3, -0.25) is 14.9 Å². The van der Waals surface area contributed by atoms with Crippen molar-refractivity contribution in [1.29, 1.82) is 0 Å². The van der Waals surface area contributed by atoms with Gasteiger partial charge in [-0.05, 0) is 12.1 Å². The van der Waals surface area contributed by atoms with Gasteiger partial charge in [-0.25, -0.2) is 8.78 Å². The van der Waals surface area contributed by atoms with Gasteiger partial charge in [0.25, 0.3) is 5.91 Å². The van der Waals surface area contributed by atoms with Crippen LogP contribution in [0.25, 0.3) is 0 Å². The summed E-state index contributed by atoms with van der Waals surface area (Å²) >= 11 is 0. The van der Waals surface area contributed by atoms with Crippen LogP contribution in [-0.2, 0) is 0 Å². The number of hydrogen-bond acceptors (Lipinski definition) is 6. The molecule has 0 aliphatic carbocycles. The Labute approximate surface area is 146 Å². The molecule has 0 radical (unpaired) electrons. The first kappa shape index (κ1) is 18.9. The van der Waals surface area contributed by atoms with Crippen molar-refractivity contribution in [3.05, 3.63) is 51.6 Å². The molecule has 1 N–H and O–H groups in total. The molecule has 0 atom stereocenters. The molecule has 0 bridgehead atoms. The molecule has 2 rings (SSSR count). The molecule has 0 fully saturated rings. The van der Waals surface area contributed by atoms with E-state index in [1.54, 1.807) is 0 Å². The van der Waals surface area contributed by atoms with Gasteiger partial charge in [0, 0.05) is 17.8 Å². The van der Waals surface area contributed by atoms with Crippen molar-refractivity contribution >= 4 is 17.3 Å². The number of carbonyl (C=O) groups is 1. The van der Waals surface area contributed by atoms with E-state index in [0.717, 1.165) is 25.3 Å². The minimum Gasteiger partial charge on any atom is -0.493 e. The summed E-state index contributed by atoms with van der Waals surface area (Å²) in [6.07, 6.45) is 0. The monoisotopic (exact) mass is 368 g/mol. The lowest BCUT2D eigenvalue weighted by molar-refractivity contribution is -0.386. The van der Waals surface area contributed by atoms with Crippen LogP contribution < -0.4 is 19.5 Å². The highest BCUT2D eigenvalue weighted by Gasteiger charge is 2.32. The second kappa shape index (κ2) is 7.64. The van der Waals surface area contributed by atoms with Crippen LogP contribution >= 0.6 is 0 Å². The number of nitro groups is 1. The predicted octanol–water partition coefficient (Wildman–Crippen LogP) is 3.15. The zero-order valence-electron chi connectivity index (χ0n) is 14.0. The molecule has 2 aromatic rings. The molecular formula is C16H14F2N2O6. The number of nitro benzene ring substituents is 1. The van der Waals surface area contributed by atoms with Gasteiger partial charge in [-0.1, -0.05) is 0 Å². The molecule has 0 spiro atoms. The molecule has 0 aliphatic rings. The topological polar surface area (TPSA) is 99.9 Å². The van der Waals surface area contributed by atoms with Crippen LogP contribution in [0.2, 0.25) is 0 Å². The van der Waals surface area contributed by atoms with Gasteiger partial charge in [0.15, 0.2) is 5.75 Å². The Kier molecular flexibility index (Phi) is 5.55. The first-order chi connectivity index (χ1) is 12.3. The first-order valence-electron chi connectivity index (χ1n) is 7.07. The molecular weight excluding hydrogens is 354 g/mol. The van der Waals surface area contributed by atoms with Crippen molar-refractivity contribution in [3.8, 4) is 17.2 Å². The third kappa shape index (κ3) is 3.63. The second-order valence-corrected chi connectivity index (χ2v) is 4.91. The van der Waals surface area contributed by atoms with Gasteiger partial charge in [0.2, 0.25) is 11.5 Å². The average molecular weight is 368 g/mol. The third-order valence-corrected chi connectivity index (χ3v) is 3.35. The molecule has 0 saturated carbocycles. The van der Waals surface area contributed by atoms with E-state index in [1.165, 1.54) is 14.2 Å². The van der Waals surface area contributed by atoms with Gasteiger partial charge >= 0.3 is 5.69 Å². The molecule has 0 aromatic heterocycles. The van der Waals surface area contributed by atoms with E-state index in [-0.39, 0.29) is 22.9 Å². The van der Waals surface area contributed by atoms with Crippen LogP contribution in [0, 0.1) is 21.7 Å². The second-order valence-electron chi connectivity index (χ2n) is 4.91. The van der Waals surface area contributed by atoms with Crippen molar-refractivity contribution in [2.45, 2.75) is 0 Å². The number of nitrogens with zero attached hydrogens (tertiary/aromatic N) is 1. The van der Waals surface area contributed by atoms with Gasteiger partial charge in [0.1, 0.15) is 17.2 Å². The minimum absolute atomic E-state index is 0.00511. The Balaban J connectivity index is 2.59. The molecule has 2 aromatic carbocycles. The quantitative estimate of drug-likeness (QED) is 0.621. The summed E-state index contributed by atoms with van der Waals surface area (Å²) < 4.78 is 41.7. The van der Waals surface area contributed by atoms with Crippen LogP contribution in [0.4, 0.5) is 20.2 Å². The fourth-order valence-electron chi connectivity index (χ4n) is 2.32. The number of carbonyl (C=O) groups excluding carboxylic acids is 1. The molecule has 0 aliphatic heterocycles. The predicted molar refractivity (Wildman–Crippen MR) is 87.1 cm³/mol. The van der Waals surface area contributed by atoms with Gasteiger partial charge in [-0.2, -0.15) is 0 Å². The van der Waals surface area contributed by atoms with Crippen molar-refractivity contribution < 1.29 is 32.7 Å². The summed E-state index contributed by atoms with van der Waals surface area (Å²) in [6.45, 7) is 0. The smallest absolute Gasteiger partial charge is 0.327 e. The maximum atomic E-state index is 13.3. The molecule has 138 valence electrons. The largest absolute Gasteiger partial charge is 0.493 e. The standard InChI is InChI=1S/C16H14F2N2O6/c1-24-12-7-11(13(20(22)23)15(26-3)14(12)25-2)16(21)19-10-5-8(17)4-9(18)6-10/h4-7H,1-3H3,(H,19,21). The lowest BCUT2D eigenvalue weighted by Gasteiger charge is -2.15. The van der Waals surface area contributed by atoms with Crippen LogP contribution in [0.5, 0.6) is 17.2 Å². The molecule has 0 saturated heterocycles. The normalized spacial score (nSPS) is 10.2. The van der Waals surface area contributed by atoms with E-state index in [1.807, 2.05) is 0 Å². The van der Waals surface area contributed by atoms with E-state index < -0.39 is 33.7 Å². The molecule has 1 amide bonds. The van der Waals surface area contributed by atoms with Crippen molar-refractivity contribution in [2.24, 2.45) is 0 Å². The van der Waals surface area contributed by atoms with Gasteiger partial charge in [-0.15, -0.1) is 0 Å². The van der Waals surface area contributed by atoms with Crippen LogP contribution in [-0.4, -0.2) is 32.2 Å². The number of nitrogens with one attached hydrogen (secondary N) is 1. The number of methoxy groups -OCH3 is 3. The molecule has 10 heteroatoms. The first-order valence-corrected chi connectivity index (χ1v) is 7.07. The summed E-state index contributed by atoms with van der Waals surface area (Å²) in [6, 6.07) is 3.43. The van der Waals surface area contributed by atoms with Crippen molar-refractivity contribution in [1.82, 2.24) is 0 Å². The Bertz CT molecular complexity index is 852. The van der Waals surface area contributed by atoms with Gasteiger partial charge in [0.05, 0.1) is 26.3 Å². The Morgan fingerprint density at radius 1 is 1.00 bits per heavy atom. The number of hydrogen-bond donors (Lipinski definition) is 1. The third-order valence-electron chi connectivity index (χ3n) is 3.35. The fraction of sp³-hybridized carbons (Fsp3) is 0.188. The highest BCUT2D eigenvalue weighted by atomic mass is 19.1. The molecule has 26 heavy (non-hydrogen) atoms.